The molecule has 0 N–H and O–H groups in total. The number of para-hydroxylation sites is 2. The number of thiophene rings is 1. The molecule has 0 aliphatic heterocycles. The van der Waals surface area contributed by atoms with Gasteiger partial charge in [0, 0.05) is 37.0 Å². The van der Waals surface area contributed by atoms with E-state index < -0.39 is 5.41 Å². The van der Waals surface area contributed by atoms with Crippen molar-refractivity contribution in [1.29, 1.82) is 0 Å². The van der Waals surface area contributed by atoms with Crippen LogP contribution < -0.4 is 4.90 Å². The maximum absolute atomic E-state index is 2.52. The zero-order valence-electron chi connectivity index (χ0n) is 40.0. The molecule has 0 fully saturated rings. The Bertz CT molecular complexity index is 4160. The van der Waals surface area contributed by atoms with Gasteiger partial charge >= 0.3 is 0 Å². The third kappa shape index (κ3) is 6.90. The molecule has 0 amide bonds. The predicted molar refractivity (Wildman–Crippen MR) is 311 cm³/mol. The van der Waals surface area contributed by atoms with Gasteiger partial charge in [0.25, 0.3) is 0 Å². The highest BCUT2D eigenvalue weighted by Crippen LogP contribution is 2.57. The first-order valence-corrected chi connectivity index (χ1v) is 26.0. The molecule has 1 aliphatic carbocycles. The summed E-state index contributed by atoms with van der Waals surface area (Å²) in [7, 11) is 0. The number of rotatable bonds is 9. The molecule has 1 aliphatic rings. The molecule has 2 heteroatoms. The molecule has 1 heterocycles. The first kappa shape index (κ1) is 42.8. The number of benzene rings is 12. The van der Waals surface area contributed by atoms with Crippen LogP contribution >= 0.6 is 11.3 Å². The van der Waals surface area contributed by atoms with Crippen LogP contribution in [0.15, 0.2) is 285 Å². The molecule has 342 valence electrons. The normalized spacial score (nSPS) is 12.5. The molecular weight excluding hydrogens is 899 g/mol. The number of hydrogen-bond acceptors (Lipinski definition) is 2. The number of fused-ring (bicyclic) bond motifs is 7. The molecular formula is C71H47NS. The maximum atomic E-state index is 2.52. The second-order valence-electron chi connectivity index (χ2n) is 19.1. The lowest BCUT2D eigenvalue weighted by Gasteiger charge is -2.34. The van der Waals surface area contributed by atoms with Crippen molar-refractivity contribution in [2.45, 2.75) is 5.41 Å². The minimum Gasteiger partial charge on any atom is -0.309 e. The summed E-state index contributed by atoms with van der Waals surface area (Å²) in [6, 6.07) is 106. The van der Waals surface area contributed by atoms with Crippen molar-refractivity contribution in [3.63, 3.8) is 0 Å². The molecule has 0 saturated heterocycles. The first-order chi connectivity index (χ1) is 36.2. The lowest BCUT2D eigenvalue weighted by molar-refractivity contribution is 0.769. The molecule has 0 saturated carbocycles. The van der Waals surface area contributed by atoms with Crippen LogP contribution in [0.1, 0.15) is 22.3 Å². The molecule has 14 rings (SSSR count). The summed E-state index contributed by atoms with van der Waals surface area (Å²) in [6.07, 6.45) is 0. The third-order valence-electron chi connectivity index (χ3n) is 15.2. The van der Waals surface area contributed by atoms with E-state index in [9.17, 15) is 0 Å². The van der Waals surface area contributed by atoms with Crippen molar-refractivity contribution in [2.24, 2.45) is 0 Å². The summed E-state index contributed by atoms with van der Waals surface area (Å²) in [4.78, 5) is 2.52. The molecule has 0 bridgehead atoms. The van der Waals surface area contributed by atoms with E-state index in [0.717, 1.165) is 33.8 Å². The Labute approximate surface area is 430 Å². The van der Waals surface area contributed by atoms with E-state index >= 15 is 0 Å². The van der Waals surface area contributed by atoms with Gasteiger partial charge < -0.3 is 4.90 Å². The second kappa shape index (κ2) is 17.6. The molecule has 1 aromatic heterocycles. The van der Waals surface area contributed by atoms with Gasteiger partial charge in [0.15, 0.2) is 0 Å². The number of hydrogen-bond donors (Lipinski definition) is 0. The number of anilines is 3. The third-order valence-corrected chi connectivity index (χ3v) is 16.4. The highest BCUT2D eigenvalue weighted by atomic mass is 32.1. The summed E-state index contributed by atoms with van der Waals surface area (Å²) in [5, 5.41) is 5.04. The smallest absolute Gasteiger partial charge is 0.0713 e. The Morgan fingerprint density at radius 3 is 1.59 bits per heavy atom. The lowest BCUT2D eigenvalue weighted by Crippen LogP contribution is -2.28. The van der Waals surface area contributed by atoms with Gasteiger partial charge in [-0.25, -0.2) is 0 Å². The van der Waals surface area contributed by atoms with E-state index in [4.69, 9.17) is 0 Å². The van der Waals surface area contributed by atoms with Gasteiger partial charge in [0.2, 0.25) is 0 Å². The Balaban J connectivity index is 1.02. The summed E-state index contributed by atoms with van der Waals surface area (Å²) in [6.45, 7) is 0. The highest BCUT2D eigenvalue weighted by Gasteiger charge is 2.46. The summed E-state index contributed by atoms with van der Waals surface area (Å²) in [5.74, 6) is 0. The summed E-state index contributed by atoms with van der Waals surface area (Å²) < 4.78 is 2.60. The van der Waals surface area contributed by atoms with Gasteiger partial charge in [0.05, 0.1) is 16.8 Å². The zero-order chi connectivity index (χ0) is 48.3. The van der Waals surface area contributed by atoms with Crippen LogP contribution in [0.4, 0.5) is 17.1 Å². The van der Waals surface area contributed by atoms with Gasteiger partial charge in [-0.05, 0) is 114 Å². The van der Waals surface area contributed by atoms with Crippen molar-refractivity contribution < 1.29 is 0 Å². The van der Waals surface area contributed by atoms with E-state index in [-0.39, 0.29) is 0 Å². The van der Waals surface area contributed by atoms with E-state index in [1.54, 1.807) is 0 Å². The van der Waals surface area contributed by atoms with Crippen molar-refractivity contribution in [3.8, 4) is 55.6 Å². The Hall–Kier alpha value is -9.08. The predicted octanol–water partition coefficient (Wildman–Crippen LogP) is 19.7. The van der Waals surface area contributed by atoms with E-state index in [0.29, 0.717) is 0 Å². The fourth-order valence-corrected chi connectivity index (χ4v) is 13.3. The van der Waals surface area contributed by atoms with Crippen molar-refractivity contribution in [3.05, 3.63) is 307 Å². The van der Waals surface area contributed by atoms with Crippen LogP contribution in [0, 0.1) is 0 Å². The Kier molecular flexibility index (Phi) is 10.3. The summed E-state index contributed by atoms with van der Waals surface area (Å²) >= 11 is 1.88. The zero-order valence-corrected chi connectivity index (χ0v) is 40.8. The van der Waals surface area contributed by atoms with Gasteiger partial charge in [-0.2, -0.15) is 0 Å². The van der Waals surface area contributed by atoms with Gasteiger partial charge in [-0.15, -0.1) is 11.3 Å². The SMILES string of the molecule is c1ccc(-c2cccc3cccc(-c4ccccc4N(c4cccc(-c5cccc6c5sc5ccccc56)c4)c4ccccc4-c4ccc5c(c4)C(c4ccccc4)(c4ccccc4)c4ccccc4-5)c23)cc1. The standard InChI is InChI=1S/C71H47NS/c1-4-22-48(23-5-1)56-36-19-24-49-25-20-38-62(69(49)56)60-34-12-16-42-67(60)72(54-31-18-26-50(46-54)57-37-21-39-63-61-35-13-17-43-68(61)73-70(57)63)66-41-15-11-32-55(66)51-44-45-59-58-33-10-14-40-64(58)71(65(59)47-51,52-27-6-2-7-28-52)53-29-8-3-9-30-53/h1-47H. The van der Waals surface area contributed by atoms with Crippen LogP contribution in [-0.4, -0.2) is 0 Å². The number of nitrogens with zero attached hydrogens (tertiary/aromatic N) is 1. The molecule has 73 heavy (non-hydrogen) atoms. The van der Waals surface area contributed by atoms with Crippen molar-refractivity contribution in [1.82, 2.24) is 0 Å². The Morgan fingerprint density at radius 1 is 0.301 bits per heavy atom. The van der Waals surface area contributed by atoms with Gasteiger partial charge in [-0.3, -0.25) is 0 Å². The van der Waals surface area contributed by atoms with E-state index in [1.807, 2.05) is 11.3 Å². The topological polar surface area (TPSA) is 3.24 Å². The molecule has 1 nitrogen and oxygen atoms in total. The van der Waals surface area contributed by atoms with Gasteiger partial charge in [0.1, 0.15) is 0 Å². The van der Waals surface area contributed by atoms with Crippen LogP contribution in [0.2, 0.25) is 0 Å². The molecule has 0 spiro atoms. The van der Waals surface area contributed by atoms with Crippen LogP contribution in [0.25, 0.3) is 86.6 Å². The van der Waals surface area contributed by atoms with Crippen LogP contribution in [0.5, 0.6) is 0 Å². The fourth-order valence-electron chi connectivity index (χ4n) is 12.0. The minimum atomic E-state index is -0.529. The van der Waals surface area contributed by atoms with Crippen molar-refractivity contribution >= 4 is 59.3 Å². The van der Waals surface area contributed by atoms with Crippen LogP contribution in [-0.2, 0) is 5.41 Å². The molecule has 0 atom stereocenters. The minimum absolute atomic E-state index is 0.529. The van der Waals surface area contributed by atoms with E-state index in [2.05, 4.69) is 290 Å². The second-order valence-corrected chi connectivity index (χ2v) is 20.1. The molecule has 0 unspecified atom stereocenters. The molecule has 13 aromatic rings. The monoisotopic (exact) mass is 945 g/mol. The maximum Gasteiger partial charge on any atom is 0.0713 e. The largest absolute Gasteiger partial charge is 0.309 e. The van der Waals surface area contributed by atoms with Crippen molar-refractivity contribution in [2.75, 3.05) is 4.90 Å². The van der Waals surface area contributed by atoms with E-state index in [1.165, 1.54) is 92.1 Å². The van der Waals surface area contributed by atoms with Crippen LogP contribution in [0.3, 0.4) is 0 Å². The average Bonchev–Trinajstić information content (AvgIpc) is 4.05. The fraction of sp³-hybridized carbons (Fsp3) is 0.0141. The average molecular weight is 946 g/mol. The Morgan fingerprint density at radius 2 is 0.822 bits per heavy atom. The molecule has 12 aromatic carbocycles. The quantitative estimate of drug-likeness (QED) is 0.139. The lowest BCUT2D eigenvalue weighted by atomic mass is 9.67. The molecule has 0 radical (unpaired) electrons. The summed E-state index contributed by atoms with van der Waals surface area (Å²) in [5.41, 5.74) is 19.8. The van der Waals surface area contributed by atoms with Gasteiger partial charge in [-0.1, -0.05) is 249 Å². The first-order valence-electron chi connectivity index (χ1n) is 25.2. The highest BCUT2D eigenvalue weighted by molar-refractivity contribution is 7.26.